The number of carbonyl (C=O) groups excluding carboxylic acids is 1. The fourth-order valence-electron chi connectivity index (χ4n) is 4.68. The van der Waals surface area contributed by atoms with Crippen LogP contribution < -0.4 is 5.32 Å². The number of benzene rings is 1. The lowest BCUT2D eigenvalue weighted by Crippen LogP contribution is -2.23. The van der Waals surface area contributed by atoms with E-state index in [9.17, 15) is 22.4 Å². The number of nitrogens with zero attached hydrogens (tertiary/aromatic N) is 7. The number of aromatic nitrogens is 7. The smallest absolute Gasteiger partial charge is 0.351 e. The number of fused-ring (bicyclic) bond motifs is 2. The van der Waals surface area contributed by atoms with E-state index in [1.54, 1.807) is 24.4 Å². The van der Waals surface area contributed by atoms with Crippen LogP contribution in [0.15, 0.2) is 53.5 Å². The van der Waals surface area contributed by atoms with Crippen LogP contribution in [0.2, 0.25) is 0 Å². The lowest BCUT2D eigenvalue weighted by atomic mass is 10.1. The summed E-state index contributed by atoms with van der Waals surface area (Å²) >= 11 is 3.40. The summed E-state index contributed by atoms with van der Waals surface area (Å²) in [5, 5.41) is 12.3. The van der Waals surface area contributed by atoms with Crippen LogP contribution in [0, 0.1) is 11.7 Å². The number of rotatable bonds is 4. The van der Waals surface area contributed by atoms with E-state index in [4.69, 9.17) is 0 Å². The molecule has 0 unspecified atom stereocenters. The molecule has 1 aliphatic rings. The Bertz CT molecular complexity index is 1700. The van der Waals surface area contributed by atoms with Gasteiger partial charge < -0.3 is 5.32 Å². The van der Waals surface area contributed by atoms with Crippen LogP contribution in [0.5, 0.6) is 0 Å². The first-order chi connectivity index (χ1) is 18.2. The van der Waals surface area contributed by atoms with E-state index in [1.807, 2.05) is 0 Å². The molecule has 6 rings (SSSR count). The van der Waals surface area contributed by atoms with Crippen LogP contribution in [0.4, 0.5) is 23.5 Å². The van der Waals surface area contributed by atoms with Gasteiger partial charge in [-0.1, -0.05) is 6.07 Å². The molecule has 0 spiro atoms. The normalized spacial score (nSPS) is 17.9. The van der Waals surface area contributed by atoms with Crippen molar-refractivity contribution in [1.82, 2.24) is 34.5 Å². The van der Waals surface area contributed by atoms with Gasteiger partial charge in [0.1, 0.15) is 10.1 Å². The van der Waals surface area contributed by atoms with E-state index in [0.29, 0.717) is 46.0 Å². The lowest BCUT2D eigenvalue weighted by Gasteiger charge is -2.13. The number of nitrogens with one attached hydrogen (secondary N) is 1. The molecule has 5 aromatic rings. The average molecular weight is 589 g/mol. The maximum atomic E-state index is 14.7. The Morgan fingerprint density at radius 2 is 1.97 bits per heavy atom. The Kier molecular flexibility index (Phi) is 5.85. The third-order valence-corrected chi connectivity index (χ3v) is 7.07. The number of carbonyl (C=O) groups is 1. The van der Waals surface area contributed by atoms with Crippen molar-refractivity contribution < 1.29 is 22.4 Å². The van der Waals surface area contributed by atoms with Gasteiger partial charge in [0.2, 0.25) is 11.9 Å². The third-order valence-electron chi connectivity index (χ3n) is 6.49. The van der Waals surface area contributed by atoms with E-state index < -0.39 is 29.5 Å². The van der Waals surface area contributed by atoms with Gasteiger partial charge in [0, 0.05) is 42.0 Å². The molecule has 1 aliphatic carbocycles. The highest BCUT2D eigenvalue weighted by molar-refractivity contribution is 9.10. The molecule has 4 aromatic heterocycles. The molecule has 0 bridgehead atoms. The zero-order chi connectivity index (χ0) is 26.6. The van der Waals surface area contributed by atoms with Crippen molar-refractivity contribution in [1.29, 1.82) is 0 Å². The second-order valence-corrected chi connectivity index (χ2v) is 9.72. The van der Waals surface area contributed by atoms with Crippen molar-refractivity contribution in [3.05, 3.63) is 65.0 Å². The summed E-state index contributed by atoms with van der Waals surface area (Å²) in [7, 11) is 0. The number of alkyl halides is 3. The molecule has 38 heavy (non-hydrogen) atoms. The zero-order valence-corrected chi connectivity index (χ0v) is 20.9. The van der Waals surface area contributed by atoms with Crippen molar-refractivity contribution in [3.8, 4) is 5.69 Å². The third kappa shape index (κ3) is 4.38. The largest absolute Gasteiger partial charge is 0.435 e. The Labute approximate surface area is 220 Å². The Balaban J connectivity index is 1.23. The molecule has 0 amide bonds. The number of hydrogen-bond donors (Lipinski definition) is 1. The summed E-state index contributed by atoms with van der Waals surface area (Å²) in [5.41, 5.74) is 0.0237. The predicted molar refractivity (Wildman–Crippen MR) is 132 cm³/mol. The second-order valence-electron chi connectivity index (χ2n) is 8.97. The fraction of sp³-hybridized carbons (Fsp3) is 0.250. The summed E-state index contributed by atoms with van der Waals surface area (Å²) in [6.45, 7) is 0. The number of anilines is 1. The zero-order valence-electron chi connectivity index (χ0n) is 19.3. The molecule has 0 radical (unpaired) electrons. The van der Waals surface area contributed by atoms with E-state index in [1.165, 1.54) is 16.9 Å². The first-order valence-electron chi connectivity index (χ1n) is 11.6. The van der Waals surface area contributed by atoms with Gasteiger partial charge in [-0.05, 0) is 53.4 Å². The molecule has 9 nitrogen and oxygen atoms in total. The molecule has 0 aliphatic heterocycles. The topological polar surface area (TPSA) is 103 Å². The minimum Gasteiger partial charge on any atom is -0.351 e. The van der Waals surface area contributed by atoms with Crippen molar-refractivity contribution in [3.63, 3.8) is 0 Å². The lowest BCUT2D eigenvalue weighted by molar-refractivity contribution is -0.141. The first kappa shape index (κ1) is 24.4. The summed E-state index contributed by atoms with van der Waals surface area (Å²) < 4.78 is 56.0. The maximum absolute atomic E-state index is 14.7. The van der Waals surface area contributed by atoms with Crippen molar-refractivity contribution in [2.24, 2.45) is 5.92 Å². The second kappa shape index (κ2) is 9.11. The highest BCUT2D eigenvalue weighted by Gasteiger charge is 2.36. The number of halogens is 5. The van der Waals surface area contributed by atoms with Crippen LogP contribution >= 0.6 is 15.9 Å². The van der Waals surface area contributed by atoms with Crippen LogP contribution in [0.25, 0.3) is 27.6 Å². The van der Waals surface area contributed by atoms with E-state index in [-0.39, 0.29) is 17.5 Å². The summed E-state index contributed by atoms with van der Waals surface area (Å²) in [6.07, 6.45) is 0.980. The van der Waals surface area contributed by atoms with Gasteiger partial charge in [-0.3, -0.25) is 9.78 Å². The summed E-state index contributed by atoms with van der Waals surface area (Å²) in [6, 6.07) is 7.16. The highest BCUT2D eigenvalue weighted by Crippen LogP contribution is 2.32. The fourth-order valence-corrected chi connectivity index (χ4v) is 5.12. The molecule has 1 fully saturated rings. The van der Waals surface area contributed by atoms with E-state index in [0.717, 1.165) is 16.9 Å². The molecular formula is C24H17BrF4N8O. The van der Waals surface area contributed by atoms with Crippen LogP contribution in [-0.4, -0.2) is 46.5 Å². The molecule has 4 heterocycles. The molecule has 194 valence electrons. The number of pyridine rings is 1. The van der Waals surface area contributed by atoms with Gasteiger partial charge in [0.25, 0.3) is 0 Å². The van der Waals surface area contributed by atoms with Gasteiger partial charge in [-0.15, -0.1) is 0 Å². The number of hydrogen-bond acceptors (Lipinski definition) is 7. The summed E-state index contributed by atoms with van der Waals surface area (Å²) in [4.78, 5) is 25.7. The quantitative estimate of drug-likeness (QED) is 0.280. The van der Waals surface area contributed by atoms with E-state index in [2.05, 4.69) is 46.4 Å². The van der Waals surface area contributed by atoms with Crippen molar-refractivity contribution in [2.75, 3.05) is 5.32 Å². The van der Waals surface area contributed by atoms with E-state index >= 15 is 0 Å². The van der Waals surface area contributed by atoms with Crippen LogP contribution in [0.3, 0.4) is 0 Å². The van der Waals surface area contributed by atoms with Crippen molar-refractivity contribution in [2.45, 2.75) is 31.5 Å². The Morgan fingerprint density at radius 3 is 2.76 bits per heavy atom. The molecular weight excluding hydrogens is 572 g/mol. The predicted octanol–water partition coefficient (Wildman–Crippen LogP) is 5.40. The molecule has 1 saturated carbocycles. The Morgan fingerprint density at radius 1 is 1.13 bits per heavy atom. The highest BCUT2D eigenvalue weighted by atomic mass is 79.9. The average Bonchev–Trinajstić information content (AvgIpc) is 3.63. The maximum Gasteiger partial charge on any atom is 0.435 e. The summed E-state index contributed by atoms with van der Waals surface area (Å²) in [5.74, 6) is -1.20. The monoisotopic (exact) mass is 588 g/mol. The van der Waals surface area contributed by atoms with Gasteiger partial charge in [0.15, 0.2) is 17.2 Å². The molecule has 2 atom stereocenters. The van der Waals surface area contributed by atoms with Gasteiger partial charge >= 0.3 is 6.18 Å². The van der Waals surface area contributed by atoms with Crippen LogP contribution in [-0.2, 0) is 6.18 Å². The van der Waals surface area contributed by atoms with Crippen LogP contribution in [0.1, 0.15) is 29.8 Å². The van der Waals surface area contributed by atoms with Gasteiger partial charge in [0.05, 0.1) is 11.1 Å². The molecule has 1 aromatic carbocycles. The SMILES string of the molecule is O=C([C@@H]1CC[C@@H](Nc2ncc3c(Br)nn(-c4cc(F)c5ncccc5c4)c3n2)C1)n1ccc(C(F)(F)F)n1. The standard InChI is InChI=1S/C24H17BrF4N8O/c25-20-16-11-31-23(32-14-4-3-13(8-14)22(38)36-7-5-18(34-36)24(27,28)29)33-21(16)37(35-20)15-9-12-2-1-6-30-19(12)17(26)10-15/h1-2,5-7,9-11,13-14H,3-4,8H2,(H,31,32,33)/t13-,14-/m1/s1. The molecule has 0 saturated heterocycles. The first-order valence-corrected chi connectivity index (χ1v) is 12.4. The van der Waals surface area contributed by atoms with Gasteiger partial charge in [-0.2, -0.15) is 28.4 Å². The minimum absolute atomic E-state index is 0.178. The Hall–Kier alpha value is -3.94. The van der Waals surface area contributed by atoms with Crippen molar-refractivity contribution >= 4 is 49.7 Å². The minimum atomic E-state index is -4.61. The molecule has 14 heteroatoms. The molecule has 1 N–H and O–H groups in total. The van der Waals surface area contributed by atoms with Gasteiger partial charge in [-0.25, -0.2) is 18.7 Å².